The van der Waals surface area contributed by atoms with Gasteiger partial charge in [0, 0.05) is 15.6 Å². The van der Waals surface area contributed by atoms with Gasteiger partial charge in [0.05, 0.1) is 16.8 Å². The minimum atomic E-state index is -0.587. The normalized spacial score (nSPS) is 10.6. The number of benzene rings is 3. The molecule has 0 aliphatic carbocycles. The van der Waals surface area contributed by atoms with E-state index in [1.807, 2.05) is 6.07 Å². The average Bonchev–Trinajstić information content (AvgIpc) is 2.70. The Labute approximate surface area is 175 Å². The lowest BCUT2D eigenvalue weighted by Crippen LogP contribution is -2.17. The predicted molar refractivity (Wildman–Crippen MR) is 112 cm³/mol. The van der Waals surface area contributed by atoms with Crippen LogP contribution in [0, 0.1) is 0 Å². The van der Waals surface area contributed by atoms with E-state index in [1.54, 1.807) is 66.7 Å². The molecule has 3 aromatic rings. The van der Waals surface area contributed by atoms with Gasteiger partial charge in [0.1, 0.15) is 5.75 Å². The third-order valence-corrected chi connectivity index (χ3v) is 4.50. The Balaban J connectivity index is 1.76. The first kappa shape index (κ1) is 19.8. The van der Waals surface area contributed by atoms with Gasteiger partial charge in [-0.25, -0.2) is 10.2 Å². The van der Waals surface area contributed by atoms with Crippen molar-refractivity contribution in [2.75, 3.05) is 0 Å². The van der Waals surface area contributed by atoms with E-state index in [1.165, 1.54) is 6.21 Å². The molecule has 7 heteroatoms. The largest absolute Gasteiger partial charge is 0.422 e. The predicted octanol–water partition coefficient (Wildman–Crippen LogP) is 5.09. The fourth-order valence-electron chi connectivity index (χ4n) is 2.31. The summed E-state index contributed by atoms with van der Waals surface area (Å²) in [6.07, 6.45) is 1.40. The Bertz CT molecular complexity index is 1040. The maximum absolute atomic E-state index is 12.4. The highest BCUT2D eigenvalue weighted by Crippen LogP contribution is 2.24. The molecule has 0 aliphatic heterocycles. The molecule has 3 aromatic carbocycles. The number of esters is 1. The molecule has 0 radical (unpaired) electrons. The summed E-state index contributed by atoms with van der Waals surface area (Å²) in [7, 11) is 0. The molecule has 140 valence electrons. The van der Waals surface area contributed by atoms with Gasteiger partial charge in [-0.2, -0.15) is 5.10 Å². The molecule has 0 aromatic heterocycles. The first-order chi connectivity index (χ1) is 13.5. The van der Waals surface area contributed by atoms with Crippen molar-refractivity contribution in [3.8, 4) is 5.75 Å². The molecule has 0 saturated heterocycles. The summed E-state index contributed by atoms with van der Waals surface area (Å²) in [5.41, 5.74) is 3.69. The van der Waals surface area contributed by atoms with Gasteiger partial charge in [-0.3, -0.25) is 4.79 Å². The number of rotatable bonds is 5. The van der Waals surface area contributed by atoms with Crippen LogP contribution >= 0.6 is 27.5 Å². The lowest BCUT2D eigenvalue weighted by molar-refractivity contribution is 0.0734. The van der Waals surface area contributed by atoms with Crippen molar-refractivity contribution in [2.24, 2.45) is 5.10 Å². The van der Waals surface area contributed by atoms with Crippen LogP contribution in [-0.2, 0) is 0 Å². The molecule has 0 spiro atoms. The summed E-state index contributed by atoms with van der Waals surface area (Å²) < 4.78 is 6.23. The van der Waals surface area contributed by atoms with Crippen molar-refractivity contribution in [2.45, 2.75) is 0 Å². The minimum absolute atomic E-state index is 0.257. The standard InChI is InChI=1S/C21H14BrClN2O3/c22-16-10-11-19(28-21(27)17-8-4-5-9-18(17)23)15(12-16)13-24-25-20(26)14-6-2-1-3-7-14/h1-13H,(H,25,26). The molecule has 0 saturated carbocycles. The quantitative estimate of drug-likeness (QED) is 0.251. The van der Waals surface area contributed by atoms with Crippen LogP contribution in [0.15, 0.2) is 82.4 Å². The van der Waals surface area contributed by atoms with Gasteiger partial charge >= 0.3 is 5.97 Å². The highest BCUT2D eigenvalue weighted by Gasteiger charge is 2.14. The second-order valence-corrected chi connectivity index (χ2v) is 6.94. The summed E-state index contributed by atoms with van der Waals surface area (Å²) >= 11 is 9.41. The maximum atomic E-state index is 12.4. The molecule has 0 bridgehead atoms. The van der Waals surface area contributed by atoms with Crippen LogP contribution in [0.2, 0.25) is 5.02 Å². The number of nitrogens with zero attached hydrogens (tertiary/aromatic N) is 1. The van der Waals surface area contributed by atoms with Crippen molar-refractivity contribution in [3.63, 3.8) is 0 Å². The Kier molecular flexibility index (Phi) is 6.57. The van der Waals surface area contributed by atoms with Gasteiger partial charge in [-0.1, -0.05) is 57.9 Å². The number of carbonyl (C=O) groups is 2. The van der Waals surface area contributed by atoms with Gasteiger partial charge < -0.3 is 4.74 Å². The van der Waals surface area contributed by atoms with Crippen molar-refractivity contribution in [3.05, 3.63) is 99.0 Å². The Morgan fingerprint density at radius 2 is 1.71 bits per heavy atom. The molecule has 0 unspecified atom stereocenters. The van der Waals surface area contributed by atoms with E-state index >= 15 is 0 Å². The number of amides is 1. The zero-order valence-corrected chi connectivity index (χ0v) is 16.8. The van der Waals surface area contributed by atoms with Crippen molar-refractivity contribution in [1.29, 1.82) is 0 Å². The molecule has 1 amide bonds. The lowest BCUT2D eigenvalue weighted by Gasteiger charge is -2.09. The van der Waals surface area contributed by atoms with Gasteiger partial charge in [-0.15, -0.1) is 0 Å². The van der Waals surface area contributed by atoms with E-state index < -0.39 is 5.97 Å². The first-order valence-electron chi connectivity index (χ1n) is 8.19. The van der Waals surface area contributed by atoms with Crippen LogP contribution in [0.5, 0.6) is 5.75 Å². The average molecular weight is 458 g/mol. The summed E-state index contributed by atoms with van der Waals surface area (Å²) in [5.74, 6) is -0.650. The zero-order chi connectivity index (χ0) is 19.9. The van der Waals surface area contributed by atoms with E-state index in [4.69, 9.17) is 16.3 Å². The van der Waals surface area contributed by atoms with E-state index in [0.29, 0.717) is 16.1 Å². The van der Waals surface area contributed by atoms with Crippen LogP contribution in [0.25, 0.3) is 0 Å². The number of hydrogen-bond acceptors (Lipinski definition) is 4. The molecule has 5 nitrogen and oxygen atoms in total. The number of carbonyl (C=O) groups excluding carboxylic acids is 2. The smallest absolute Gasteiger partial charge is 0.345 e. The highest BCUT2D eigenvalue weighted by atomic mass is 79.9. The van der Waals surface area contributed by atoms with Crippen molar-refractivity contribution >= 4 is 45.6 Å². The van der Waals surface area contributed by atoms with Gasteiger partial charge in [0.15, 0.2) is 0 Å². The van der Waals surface area contributed by atoms with E-state index in [9.17, 15) is 9.59 Å². The monoisotopic (exact) mass is 456 g/mol. The highest BCUT2D eigenvalue weighted by molar-refractivity contribution is 9.10. The van der Waals surface area contributed by atoms with Crippen LogP contribution in [0.1, 0.15) is 26.3 Å². The van der Waals surface area contributed by atoms with Gasteiger partial charge in [-0.05, 0) is 42.5 Å². The molecule has 0 aliphatic rings. The van der Waals surface area contributed by atoms with Crippen LogP contribution in [-0.4, -0.2) is 18.1 Å². The van der Waals surface area contributed by atoms with Crippen LogP contribution in [0.3, 0.4) is 0 Å². The van der Waals surface area contributed by atoms with Crippen molar-refractivity contribution in [1.82, 2.24) is 5.43 Å². The minimum Gasteiger partial charge on any atom is -0.422 e. The summed E-state index contributed by atoms with van der Waals surface area (Å²) in [6.45, 7) is 0. The summed E-state index contributed by atoms with van der Waals surface area (Å²) in [6, 6.07) is 20.4. The fourth-order valence-corrected chi connectivity index (χ4v) is 2.90. The topological polar surface area (TPSA) is 67.8 Å². The third kappa shape index (κ3) is 5.06. The molecule has 3 rings (SSSR count). The van der Waals surface area contributed by atoms with Crippen LogP contribution < -0.4 is 10.2 Å². The zero-order valence-electron chi connectivity index (χ0n) is 14.4. The van der Waals surface area contributed by atoms with Gasteiger partial charge in [0.25, 0.3) is 5.91 Å². The Hall–Kier alpha value is -2.96. The second-order valence-electron chi connectivity index (χ2n) is 5.62. The Morgan fingerprint density at radius 3 is 2.46 bits per heavy atom. The molecule has 1 N–H and O–H groups in total. The lowest BCUT2D eigenvalue weighted by atomic mass is 10.2. The third-order valence-electron chi connectivity index (χ3n) is 3.67. The molecular weight excluding hydrogens is 444 g/mol. The first-order valence-corrected chi connectivity index (χ1v) is 9.36. The number of halogens is 2. The van der Waals surface area contributed by atoms with Crippen molar-refractivity contribution < 1.29 is 14.3 Å². The van der Waals surface area contributed by atoms with E-state index in [2.05, 4.69) is 26.5 Å². The van der Waals surface area contributed by atoms with E-state index in [0.717, 1.165) is 4.47 Å². The molecular formula is C21H14BrClN2O3. The van der Waals surface area contributed by atoms with E-state index in [-0.39, 0.29) is 17.2 Å². The maximum Gasteiger partial charge on any atom is 0.345 e. The number of ether oxygens (including phenoxy) is 1. The summed E-state index contributed by atoms with van der Waals surface area (Å²) in [5, 5.41) is 4.26. The molecule has 0 atom stereocenters. The van der Waals surface area contributed by atoms with Crippen LogP contribution in [0.4, 0.5) is 0 Å². The van der Waals surface area contributed by atoms with Gasteiger partial charge in [0.2, 0.25) is 0 Å². The number of hydrazone groups is 1. The second kappa shape index (κ2) is 9.30. The summed E-state index contributed by atoms with van der Waals surface area (Å²) in [4.78, 5) is 24.5. The molecule has 28 heavy (non-hydrogen) atoms. The molecule has 0 fully saturated rings. The Morgan fingerprint density at radius 1 is 1.00 bits per heavy atom. The SMILES string of the molecule is O=C(NN=Cc1cc(Br)ccc1OC(=O)c1ccccc1Cl)c1ccccc1. The number of hydrogen-bond donors (Lipinski definition) is 1. The molecule has 0 heterocycles. The number of nitrogens with one attached hydrogen (secondary N) is 1. The fraction of sp³-hybridized carbons (Fsp3) is 0.